The first-order valence-corrected chi connectivity index (χ1v) is 6.49. The van der Waals surface area contributed by atoms with Crippen LogP contribution in [0.15, 0.2) is 0 Å². The van der Waals surface area contributed by atoms with E-state index < -0.39 is 5.97 Å². The van der Waals surface area contributed by atoms with Gasteiger partial charge in [-0.2, -0.15) is 0 Å². The first-order chi connectivity index (χ1) is 7.52. The number of hydrogen-bond donors (Lipinski definition) is 1. The third kappa shape index (κ3) is 2.24. The van der Waals surface area contributed by atoms with Crippen LogP contribution in [-0.2, 0) is 4.79 Å². The number of rotatable bonds is 2. The fourth-order valence-corrected chi connectivity index (χ4v) is 3.30. The van der Waals surface area contributed by atoms with E-state index in [2.05, 4.69) is 18.7 Å². The monoisotopic (exact) mass is 225 g/mol. The van der Waals surface area contributed by atoms with Gasteiger partial charge in [-0.05, 0) is 57.9 Å². The first kappa shape index (κ1) is 11.9. The lowest BCUT2D eigenvalue weighted by Gasteiger charge is -2.36. The van der Waals surface area contributed by atoms with Crippen LogP contribution in [0.4, 0.5) is 0 Å². The Labute approximate surface area is 97.8 Å². The van der Waals surface area contributed by atoms with Gasteiger partial charge >= 0.3 is 5.97 Å². The minimum Gasteiger partial charge on any atom is -0.481 e. The molecule has 1 saturated carbocycles. The molecule has 0 unspecified atom stereocenters. The molecule has 3 heteroatoms. The smallest absolute Gasteiger partial charge is 0.306 e. The average Bonchev–Trinajstić information content (AvgIpc) is 2.63. The van der Waals surface area contributed by atoms with Crippen molar-refractivity contribution in [3.8, 4) is 0 Å². The van der Waals surface area contributed by atoms with Gasteiger partial charge in [0, 0.05) is 12.6 Å². The van der Waals surface area contributed by atoms with Crippen LogP contribution >= 0.6 is 0 Å². The van der Waals surface area contributed by atoms with Crippen molar-refractivity contribution < 1.29 is 9.90 Å². The van der Waals surface area contributed by atoms with Gasteiger partial charge in [-0.3, -0.25) is 4.79 Å². The topological polar surface area (TPSA) is 40.5 Å². The van der Waals surface area contributed by atoms with Crippen LogP contribution in [0.3, 0.4) is 0 Å². The number of aliphatic carboxylic acids is 1. The Morgan fingerprint density at radius 2 is 1.94 bits per heavy atom. The Balaban J connectivity index is 1.91. The normalized spacial score (nSPS) is 36.1. The molecular weight excluding hydrogens is 202 g/mol. The number of likely N-dealkylation sites (tertiary alicyclic amines) is 1. The minimum absolute atomic E-state index is 0.0706. The maximum Gasteiger partial charge on any atom is 0.306 e. The van der Waals surface area contributed by atoms with Crippen LogP contribution in [0.5, 0.6) is 0 Å². The molecule has 0 atom stereocenters. The van der Waals surface area contributed by atoms with Crippen molar-refractivity contribution >= 4 is 5.97 Å². The van der Waals surface area contributed by atoms with Gasteiger partial charge in [-0.15, -0.1) is 0 Å². The van der Waals surface area contributed by atoms with Crippen LogP contribution in [-0.4, -0.2) is 35.1 Å². The van der Waals surface area contributed by atoms with Gasteiger partial charge in [0.05, 0.1) is 5.92 Å². The summed E-state index contributed by atoms with van der Waals surface area (Å²) in [6.07, 6.45) is 5.29. The molecule has 0 amide bonds. The second kappa shape index (κ2) is 4.36. The highest BCUT2D eigenvalue weighted by atomic mass is 16.4. The summed E-state index contributed by atoms with van der Waals surface area (Å²) in [7, 11) is 0. The molecule has 3 nitrogen and oxygen atoms in total. The molecule has 1 spiro atoms. The molecule has 0 radical (unpaired) electrons. The maximum atomic E-state index is 10.9. The zero-order chi connectivity index (χ0) is 11.8. The van der Waals surface area contributed by atoms with E-state index in [-0.39, 0.29) is 5.92 Å². The van der Waals surface area contributed by atoms with Crippen LogP contribution in [0.1, 0.15) is 46.0 Å². The molecule has 2 aliphatic rings. The molecule has 1 aliphatic heterocycles. The summed E-state index contributed by atoms with van der Waals surface area (Å²) in [5, 5.41) is 9.00. The zero-order valence-electron chi connectivity index (χ0n) is 10.4. The van der Waals surface area contributed by atoms with Crippen molar-refractivity contribution in [1.29, 1.82) is 0 Å². The van der Waals surface area contributed by atoms with Crippen molar-refractivity contribution in [2.75, 3.05) is 13.1 Å². The van der Waals surface area contributed by atoms with Gasteiger partial charge in [0.15, 0.2) is 0 Å². The lowest BCUT2D eigenvalue weighted by molar-refractivity contribution is -0.143. The summed E-state index contributed by atoms with van der Waals surface area (Å²) >= 11 is 0. The van der Waals surface area contributed by atoms with E-state index in [1.807, 2.05) is 0 Å². The molecule has 0 aromatic heterocycles. The lowest BCUT2D eigenvalue weighted by atomic mass is 9.70. The molecule has 1 aliphatic carbocycles. The van der Waals surface area contributed by atoms with Gasteiger partial charge in [0.25, 0.3) is 0 Å². The van der Waals surface area contributed by atoms with Crippen molar-refractivity contribution in [3.63, 3.8) is 0 Å². The second-order valence-electron chi connectivity index (χ2n) is 5.93. The van der Waals surface area contributed by atoms with Gasteiger partial charge in [-0.1, -0.05) is 0 Å². The van der Waals surface area contributed by atoms with E-state index in [1.165, 1.54) is 19.5 Å². The molecule has 1 N–H and O–H groups in total. The predicted molar refractivity (Wildman–Crippen MR) is 63.4 cm³/mol. The zero-order valence-corrected chi connectivity index (χ0v) is 10.4. The summed E-state index contributed by atoms with van der Waals surface area (Å²) in [5.74, 6) is -0.660. The largest absolute Gasteiger partial charge is 0.481 e. The van der Waals surface area contributed by atoms with Crippen molar-refractivity contribution in [2.24, 2.45) is 11.3 Å². The van der Waals surface area contributed by atoms with Crippen LogP contribution < -0.4 is 0 Å². The molecule has 1 heterocycles. The summed E-state index contributed by atoms with van der Waals surface area (Å²) in [5.41, 5.74) is 0.455. The summed E-state index contributed by atoms with van der Waals surface area (Å²) in [6.45, 7) is 6.90. The van der Waals surface area contributed by atoms with Crippen molar-refractivity contribution in [3.05, 3.63) is 0 Å². The molecule has 16 heavy (non-hydrogen) atoms. The predicted octanol–water partition coefficient (Wildman–Crippen LogP) is 2.36. The van der Waals surface area contributed by atoms with E-state index in [1.54, 1.807) is 0 Å². The van der Waals surface area contributed by atoms with E-state index in [4.69, 9.17) is 5.11 Å². The molecule has 1 saturated heterocycles. The average molecular weight is 225 g/mol. The number of nitrogens with zero attached hydrogens (tertiary/aromatic N) is 1. The van der Waals surface area contributed by atoms with Gasteiger partial charge in [0.1, 0.15) is 0 Å². The summed E-state index contributed by atoms with van der Waals surface area (Å²) in [6, 6.07) is 0.636. The number of carbonyl (C=O) groups is 1. The second-order valence-corrected chi connectivity index (χ2v) is 5.93. The highest BCUT2D eigenvalue weighted by molar-refractivity contribution is 5.70. The molecule has 0 aromatic carbocycles. The lowest BCUT2D eigenvalue weighted by Crippen LogP contribution is -2.35. The SMILES string of the molecule is CC(C)N1CCC2(CCC(C(=O)O)CC2)C1. The van der Waals surface area contributed by atoms with E-state index >= 15 is 0 Å². The number of carboxylic acid groups (broad SMARTS) is 1. The van der Waals surface area contributed by atoms with Gasteiger partial charge in [0.2, 0.25) is 0 Å². The fraction of sp³-hybridized carbons (Fsp3) is 0.923. The van der Waals surface area contributed by atoms with E-state index in [0.717, 1.165) is 25.7 Å². The standard InChI is InChI=1S/C13H23NO2/c1-10(2)14-8-7-13(9-14)5-3-11(4-6-13)12(15)16/h10-11H,3-9H2,1-2H3,(H,15,16). The third-order valence-corrected chi connectivity index (χ3v) is 4.59. The van der Waals surface area contributed by atoms with Crippen LogP contribution in [0, 0.1) is 11.3 Å². The van der Waals surface area contributed by atoms with Crippen molar-refractivity contribution in [1.82, 2.24) is 4.90 Å². The fourth-order valence-electron chi connectivity index (χ4n) is 3.30. The quantitative estimate of drug-likeness (QED) is 0.784. The molecule has 92 valence electrons. The Bertz CT molecular complexity index is 267. The Morgan fingerprint density at radius 3 is 2.38 bits per heavy atom. The Kier molecular flexibility index (Phi) is 3.24. The van der Waals surface area contributed by atoms with Crippen molar-refractivity contribution in [2.45, 2.75) is 52.0 Å². The first-order valence-electron chi connectivity index (χ1n) is 6.49. The van der Waals surface area contributed by atoms with Crippen LogP contribution in [0.2, 0.25) is 0 Å². The van der Waals surface area contributed by atoms with Gasteiger partial charge < -0.3 is 10.0 Å². The Morgan fingerprint density at radius 1 is 1.31 bits per heavy atom. The van der Waals surface area contributed by atoms with Crippen LogP contribution in [0.25, 0.3) is 0 Å². The highest BCUT2D eigenvalue weighted by Gasteiger charge is 2.42. The minimum atomic E-state index is -0.589. The number of carboxylic acids is 1. The summed E-state index contributed by atoms with van der Waals surface area (Å²) in [4.78, 5) is 13.5. The molecule has 2 rings (SSSR count). The maximum absolute atomic E-state index is 10.9. The molecule has 0 aromatic rings. The molecular formula is C13H23NO2. The van der Waals surface area contributed by atoms with E-state index in [9.17, 15) is 4.79 Å². The molecule has 0 bridgehead atoms. The molecule has 2 fully saturated rings. The number of hydrogen-bond acceptors (Lipinski definition) is 2. The van der Waals surface area contributed by atoms with E-state index in [0.29, 0.717) is 11.5 Å². The Hall–Kier alpha value is -0.570. The highest BCUT2D eigenvalue weighted by Crippen LogP contribution is 2.45. The van der Waals surface area contributed by atoms with Gasteiger partial charge in [-0.25, -0.2) is 0 Å². The third-order valence-electron chi connectivity index (χ3n) is 4.59. The summed E-state index contributed by atoms with van der Waals surface area (Å²) < 4.78 is 0.